The molecule has 22 heavy (non-hydrogen) atoms. The molecule has 5 nitrogen and oxygen atoms in total. The molecule has 1 aromatic carbocycles. The Hall–Kier alpha value is -2.18. The van der Waals surface area contributed by atoms with Gasteiger partial charge in [0, 0.05) is 4.88 Å². The van der Waals surface area contributed by atoms with Crippen LogP contribution in [0.1, 0.15) is 23.5 Å². The number of carbonyl (C=O) groups excluding carboxylic acids is 2. The highest BCUT2D eigenvalue weighted by atomic mass is 32.1. The normalized spacial score (nSPS) is 22.7. The van der Waals surface area contributed by atoms with Crippen molar-refractivity contribution in [2.24, 2.45) is 0 Å². The summed E-state index contributed by atoms with van der Waals surface area (Å²) in [5.41, 5.74) is -0.380. The number of amides is 3. The van der Waals surface area contributed by atoms with E-state index >= 15 is 0 Å². The van der Waals surface area contributed by atoms with Crippen LogP contribution in [0.4, 0.5) is 4.79 Å². The van der Waals surface area contributed by atoms with Crippen molar-refractivity contribution >= 4 is 23.3 Å². The lowest BCUT2D eigenvalue weighted by atomic mass is 10.0. The molecule has 3 amide bonds. The lowest BCUT2D eigenvalue weighted by molar-refractivity contribution is -0.132. The van der Waals surface area contributed by atoms with Crippen molar-refractivity contribution in [1.82, 2.24) is 10.2 Å². The van der Waals surface area contributed by atoms with Crippen LogP contribution in [-0.2, 0) is 10.3 Å². The van der Waals surface area contributed by atoms with Crippen LogP contribution in [0.3, 0.4) is 0 Å². The van der Waals surface area contributed by atoms with E-state index in [-0.39, 0.29) is 12.5 Å². The number of aliphatic hydroxyl groups excluding tert-OH is 1. The summed E-state index contributed by atoms with van der Waals surface area (Å²) >= 11 is 1.42. The van der Waals surface area contributed by atoms with Gasteiger partial charge in [0.2, 0.25) is 0 Å². The van der Waals surface area contributed by atoms with E-state index in [1.807, 2.05) is 23.6 Å². The average molecular weight is 316 g/mol. The Morgan fingerprint density at radius 3 is 2.59 bits per heavy atom. The molecule has 0 spiro atoms. The van der Waals surface area contributed by atoms with Gasteiger partial charge in [0.05, 0.1) is 12.6 Å². The molecule has 6 heteroatoms. The first kappa shape index (κ1) is 14.7. The maximum absolute atomic E-state index is 12.6. The fourth-order valence-electron chi connectivity index (χ4n) is 2.55. The number of β-amino-alcohol motifs (C(OH)–C–C–N with tert-alkyl or cyclic N) is 1. The quantitative estimate of drug-likeness (QED) is 0.850. The Balaban J connectivity index is 1.81. The third-order valence-electron chi connectivity index (χ3n) is 3.83. The summed E-state index contributed by atoms with van der Waals surface area (Å²) in [7, 11) is 0. The zero-order valence-corrected chi connectivity index (χ0v) is 12.8. The van der Waals surface area contributed by atoms with Crippen molar-refractivity contribution in [1.29, 1.82) is 0 Å². The summed E-state index contributed by atoms with van der Waals surface area (Å²) in [5.74, 6) is -0.338. The molecular formula is C16H16N2O3S. The molecule has 1 aliphatic heterocycles. The van der Waals surface area contributed by atoms with E-state index < -0.39 is 17.7 Å². The lowest BCUT2D eigenvalue weighted by Gasteiger charge is -2.21. The molecule has 0 saturated carbocycles. The molecule has 114 valence electrons. The molecule has 2 atom stereocenters. The number of nitrogens with one attached hydrogen (secondary N) is 1. The van der Waals surface area contributed by atoms with Crippen molar-refractivity contribution in [2.45, 2.75) is 18.6 Å². The molecule has 0 unspecified atom stereocenters. The minimum absolute atomic E-state index is 0.0599. The summed E-state index contributed by atoms with van der Waals surface area (Å²) in [6, 6.07) is 12.2. The fourth-order valence-corrected chi connectivity index (χ4v) is 3.38. The van der Waals surface area contributed by atoms with E-state index in [2.05, 4.69) is 5.32 Å². The van der Waals surface area contributed by atoms with Crippen LogP contribution in [0.25, 0.3) is 0 Å². The zero-order valence-electron chi connectivity index (χ0n) is 12.0. The van der Waals surface area contributed by atoms with Crippen molar-refractivity contribution < 1.29 is 14.7 Å². The number of thiophene rings is 1. The number of aliphatic hydroxyl groups is 1. The molecule has 0 radical (unpaired) electrons. The standard InChI is InChI=1S/C16H16N2O3S/c1-16(13-8-5-9-22-13)14(20)18(15(21)17-16)10-12(19)11-6-3-2-4-7-11/h2-9,12,19H,10H2,1H3,(H,17,21)/t12-,16-/m1/s1. The molecule has 1 aliphatic rings. The number of urea groups is 1. The Bertz CT molecular complexity index is 687. The third kappa shape index (κ3) is 2.40. The monoisotopic (exact) mass is 316 g/mol. The molecular weight excluding hydrogens is 300 g/mol. The van der Waals surface area contributed by atoms with E-state index in [0.717, 1.165) is 9.78 Å². The maximum atomic E-state index is 12.6. The highest BCUT2D eigenvalue weighted by molar-refractivity contribution is 7.10. The molecule has 2 aromatic rings. The van der Waals surface area contributed by atoms with Crippen molar-refractivity contribution in [3.8, 4) is 0 Å². The largest absolute Gasteiger partial charge is 0.387 e. The van der Waals surface area contributed by atoms with E-state index in [1.165, 1.54) is 11.3 Å². The van der Waals surface area contributed by atoms with Gasteiger partial charge in [0.15, 0.2) is 5.54 Å². The molecule has 0 bridgehead atoms. The van der Waals surface area contributed by atoms with E-state index in [4.69, 9.17) is 0 Å². The highest BCUT2D eigenvalue weighted by Gasteiger charge is 2.49. The topological polar surface area (TPSA) is 69.6 Å². The van der Waals surface area contributed by atoms with Crippen LogP contribution in [0.15, 0.2) is 47.8 Å². The zero-order chi connectivity index (χ0) is 15.7. The molecule has 1 fully saturated rings. The van der Waals surface area contributed by atoms with Crippen LogP contribution < -0.4 is 5.32 Å². The maximum Gasteiger partial charge on any atom is 0.325 e. The smallest absolute Gasteiger partial charge is 0.325 e. The summed E-state index contributed by atoms with van der Waals surface area (Å²) in [6.07, 6.45) is -0.901. The Morgan fingerprint density at radius 1 is 1.23 bits per heavy atom. The number of nitrogens with zero attached hydrogens (tertiary/aromatic N) is 1. The Morgan fingerprint density at radius 2 is 1.95 bits per heavy atom. The number of rotatable bonds is 4. The Kier molecular flexibility index (Phi) is 3.72. The van der Waals surface area contributed by atoms with Gasteiger partial charge in [-0.15, -0.1) is 11.3 Å². The second-order valence-electron chi connectivity index (χ2n) is 5.37. The summed E-state index contributed by atoms with van der Waals surface area (Å²) in [5, 5.41) is 14.8. The van der Waals surface area contributed by atoms with Gasteiger partial charge < -0.3 is 10.4 Å². The summed E-state index contributed by atoms with van der Waals surface area (Å²) < 4.78 is 0. The van der Waals surface area contributed by atoms with Gasteiger partial charge >= 0.3 is 6.03 Å². The van der Waals surface area contributed by atoms with Crippen molar-refractivity contribution in [3.05, 3.63) is 58.3 Å². The first-order valence-electron chi connectivity index (χ1n) is 6.93. The molecule has 2 N–H and O–H groups in total. The summed E-state index contributed by atoms with van der Waals surface area (Å²) in [4.78, 5) is 26.7. The van der Waals surface area contributed by atoms with Gasteiger partial charge in [-0.1, -0.05) is 36.4 Å². The van der Waals surface area contributed by atoms with Gasteiger partial charge in [-0.25, -0.2) is 4.79 Å². The first-order valence-corrected chi connectivity index (χ1v) is 7.81. The lowest BCUT2D eigenvalue weighted by Crippen LogP contribution is -2.40. The van der Waals surface area contributed by atoms with Crippen LogP contribution in [0.5, 0.6) is 0 Å². The first-order chi connectivity index (χ1) is 10.5. The van der Waals surface area contributed by atoms with Gasteiger partial charge in [-0.2, -0.15) is 0 Å². The van der Waals surface area contributed by atoms with Crippen molar-refractivity contribution in [3.63, 3.8) is 0 Å². The number of hydrogen-bond acceptors (Lipinski definition) is 4. The minimum atomic E-state index is -1.05. The number of carbonyl (C=O) groups is 2. The predicted molar refractivity (Wildman–Crippen MR) is 83.3 cm³/mol. The van der Waals surface area contributed by atoms with Crippen LogP contribution in [0.2, 0.25) is 0 Å². The van der Waals surface area contributed by atoms with E-state index in [1.54, 1.807) is 31.2 Å². The van der Waals surface area contributed by atoms with Gasteiger partial charge in [0.25, 0.3) is 5.91 Å². The third-order valence-corrected chi connectivity index (χ3v) is 4.92. The van der Waals surface area contributed by atoms with Gasteiger partial charge in [-0.05, 0) is 23.9 Å². The minimum Gasteiger partial charge on any atom is -0.387 e. The van der Waals surface area contributed by atoms with E-state index in [9.17, 15) is 14.7 Å². The summed E-state index contributed by atoms with van der Waals surface area (Å²) in [6.45, 7) is 1.63. The van der Waals surface area contributed by atoms with Crippen molar-refractivity contribution in [2.75, 3.05) is 6.54 Å². The van der Waals surface area contributed by atoms with Crippen LogP contribution >= 0.6 is 11.3 Å². The number of imide groups is 1. The average Bonchev–Trinajstić information content (AvgIpc) is 3.13. The highest BCUT2D eigenvalue weighted by Crippen LogP contribution is 2.32. The van der Waals surface area contributed by atoms with Gasteiger partial charge in [0.1, 0.15) is 0 Å². The van der Waals surface area contributed by atoms with Crippen LogP contribution in [0, 0.1) is 0 Å². The second-order valence-corrected chi connectivity index (χ2v) is 6.32. The second kappa shape index (κ2) is 5.55. The fraction of sp³-hybridized carbons (Fsp3) is 0.250. The molecule has 1 aromatic heterocycles. The SMILES string of the molecule is C[C@]1(c2cccs2)NC(=O)N(C[C@@H](O)c2ccccc2)C1=O. The van der Waals surface area contributed by atoms with Gasteiger partial charge in [-0.3, -0.25) is 9.69 Å². The molecule has 1 saturated heterocycles. The molecule has 0 aliphatic carbocycles. The molecule has 3 rings (SSSR count). The number of hydrogen-bond donors (Lipinski definition) is 2. The number of benzene rings is 1. The van der Waals surface area contributed by atoms with Crippen LogP contribution in [-0.4, -0.2) is 28.5 Å². The Labute approximate surface area is 132 Å². The van der Waals surface area contributed by atoms with E-state index in [0.29, 0.717) is 5.56 Å². The molecule has 2 heterocycles. The predicted octanol–water partition coefficient (Wildman–Crippen LogP) is 2.25.